The lowest BCUT2D eigenvalue weighted by Gasteiger charge is -2.26. The van der Waals surface area contributed by atoms with Crippen LogP contribution in [0.3, 0.4) is 0 Å². The van der Waals surface area contributed by atoms with Crippen molar-refractivity contribution in [1.29, 1.82) is 0 Å². The van der Waals surface area contributed by atoms with Crippen LogP contribution in [0.4, 0.5) is 0 Å². The van der Waals surface area contributed by atoms with Crippen LogP contribution < -0.4 is 5.32 Å². The molecule has 1 aliphatic heterocycles. The van der Waals surface area contributed by atoms with E-state index in [4.69, 9.17) is 4.74 Å². The second kappa shape index (κ2) is 7.48. The molecular weight excluding hydrogens is 270 g/mol. The third-order valence-corrected chi connectivity index (χ3v) is 5.24. The molecule has 1 N–H and O–H groups in total. The summed E-state index contributed by atoms with van der Waals surface area (Å²) >= 11 is 2.07. The molecule has 0 saturated carbocycles. The fraction of sp³-hybridized carbons (Fsp3) is 0.800. The minimum absolute atomic E-state index is 0.370. The van der Waals surface area contributed by atoms with Crippen LogP contribution in [0.1, 0.15) is 42.8 Å². The Morgan fingerprint density at radius 1 is 1.50 bits per heavy atom. The zero-order valence-electron chi connectivity index (χ0n) is 13.1. The molecule has 2 heterocycles. The quantitative estimate of drug-likeness (QED) is 0.876. The van der Waals surface area contributed by atoms with Crippen molar-refractivity contribution in [3.05, 3.63) is 17.0 Å². The molecule has 1 saturated heterocycles. The fourth-order valence-electron chi connectivity index (χ4n) is 3.04. The molecule has 0 amide bonds. The highest BCUT2D eigenvalue weighted by Gasteiger charge is 2.21. The van der Waals surface area contributed by atoms with Gasteiger partial charge in [-0.3, -0.25) is 4.68 Å². The molecule has 0 radical (unpaired) electrons. The number of rotatable bonds is 6. The summed E-state index contributed by atoms with van der Waals surface area (Å²) in [5.74, 6) is 2.56. The Morgan fingerprint density at radius 3 is 2.95 bits per heavy atom. The first kappa shape index (κ1) is 15.9. The summed E-state index contributed by atoms with van der Waals surface area (Å²) < 4.78 is 7.22. The predicted octanol–water partition coefficient (Wildman–Crippen LogP) is 2.69. The molecule has 5 heteroatoms. The van der Waals surface area contributed by atoms with Crippen molar-refractivity contribution in [1.82, 2.24) is 15.1 Å². The molecule has 114 valence electrons. The summed E-state index contributed by atoms with van der Waals surface area (Å²) in [5, 5.41) is 8.43. The molecule has 0 spiro atoms. The summed E-state index contributed by atoms with van der Waals surface area (Å²) in [4.78, 5) is 0. The van der Waals surface area contributed by atoms with Crippen molar-refractivity contribution in [3.63, 3.8) is 0 Å². The summed E-state index contributed by atoms with van der Waals surface area (Å²) in [5.41, 5.74) is 3.77. The Morgan fingerprint density at radius 2 is 2.30 bits per heavy atom. The van der Waals surface area contributed by atoms with E-state index in [-0.39, 0.29) is 0 Å². The van der Waals surface area contributed by atoms with Crippen LogP contribution in [0.15, 0.2) is 0 Å². The van der Waals surface area contributed by atoms with Gasteiger partial charge in [0, 0.05) is 36.2 Å². The number of ether oxygens (including phenoxy) is 1. The highest BCUT2D eigenvalue weighted by molar-refractivity contribution is 7.99. The molecule has 1 aromatic rings. The Hall–Kier alpha value is -0.520. The van der Waals surface area contributed by atoms with Gasteiger partial charge < -0.3 is 10.1 Å². The Balaban J connectivity index is 2.04. The number of hydrogen-bond donors (Lipinski definition) is 1. The van der Waals surface area contributed by atoms with Gasteiger partial charge in [0.2, 0.25) is 0 Å². The number of hydrogen-bond acceptors (Lipinski definition) is 4. The molecule has 0 unspecified atom stereocenters. The van der Waals surface area contributed by atoms with Gasteiger partial charge in [-0.1, -0.05) is 0 Å². The van der Waals surface area contributed by atoms with Gasteiger partial charge in [-0.15, -0.1) is 0 Å². The Labute approximate surface area is 126 Å². The molecule has 0 aromatic carbocycles. The Bertz CT molecular complexity index is 427. The van der Waals surface area contributed by atoms with Crippen LogP contribution >= 0.6 is 11.8 Å². The minimum Gasteiger partial charge on any atom is -0.383 e. The van der Waals surface area contributed by atoms with Crippen LogP contribution in [-0.2, 0) is 11.3 Å². The number of thioether (sulfide) groups is 1. The van der Waals surface area contributed by atoms with E-state index in [1.54, 1.807) is 7.11 Å². The van der Waals surface area contributed by atoms with Gasteiger partial charge in [0.25, 0.3) is 0 Å². The second-order valence-corrected chi connectivity index (χ2v) is 6.75. The monoisotopic (exact) mass is 297 g/mol. The van der Waals surface area contributed by atoms with Crippen LogP contribution in [0, 0.1) is 13.8 Å². The number of aromatic nitrogens is 2. The van der Waals surface area contributed by atoms with E-state index >= 15 is 0 Å². The highest BCUT2D eigenvalue weighted by Crippen LogP contribution is 2.24. The molecule has 0 bridgehead atoms. The zero-order chi connectivity index (χ0) is 14.5. The van der Waals surface area contributed by atoms with Crippen molar-refractivity contribution in [2.24, 2.45) is 0 Å². The first-order chi connectivity index (χ1) is 9.63. The molecular formula is C15H27N3OS. The van der Waals surface area contributed by atoms with Crippen LogP contribution in [-0.4, -0.2) is 41.0 Å². The van der Waals surface area contributed by atoms with Crippen molar-refractivity contribution < 1.29 is 4.74 Å². The SMILES string of the molecule is COCCn1nc(C)c([C@H](C)N[C@@H]2CCCSC2)c1C. The third kappa shape index (κ3) is 3.77. The highest BCUT2D eigenvalue weighted by atomic mass is 32.2. The molecule has 20 heavy (non-hydrogen) atoms. The van der Waals surface area contributed by atoms with E-state index in [1.165, 1.54) is 35.6 Å². The topological polar surface area (TPSA) is 39.1 Å². The normalized spacial score (nSPS) is 21.1. The largest absolute Gasteiger partial charge is 0.383 e. The lowest BCUT2D eigenvalue weighted by Crippen LogP contribution is -2.36. The predicted molar refractivity (Wildman–Crippen MR) is 85.5 cm³/mol. The molecule has 2 rings (SSSR count). The van der Waals surface area contributed by atoms with Gasteiger partial charge in [0.15, 0.2) is 0 Å². The van der Waals surface area contributed by atoms with Crippen molar-refractivity contribution in [2.75, 3.05) is 25.2 Å². The van der Waals surface area contributed by atoms with Gasteiger partial charge in [0.05, 0.1) is 18.8 Å². The second-order valence-electron chi connectivity index (χ2n) is 5.60. The smallest absolute Gasteiger partial charge is 0.0658 e. The number of aryl methyl sites for hydroxylation is 1. The van der Waals surface area contributed by atoms with Crippen LogP contribution in [0.25, 0.3) is 0 Å². The van der Waals surface area contributed by atoms with Gasteiger partial charge in [-0.25, -0.2) is 0 Å². The van der Waals surface area contributed by atoms with Gasteiger partial charge in [-0.05, 0) is 39.4 Å². The first-order valence-electron chi connectivity index (χ1n) is 7.50. The van der Waals surface area contributed by atoms with E-state index < -0.39 is 0 Å². The average molecular weight is 297 g/mol. The van der Waals surface area contributed by atoms with Gasteiger partial charge in [-0.2, -0.15) is 16.9 Å². The summed E-state index contributed by atoms with van der Waals surface area (Å²) in [6.45, 7) is 8.08. The zero-order valence-corrected chi connectivity index (χ0v) is 13.9. The Kier molecular flexibility index (Phi) is 5.93. The van der Waals surface area contributed by atoms with E-state index in [2.05, 4.69) is 47.6 Å². The number of nitrogens with zero attached hydrogens (tertiary/aromatic N) is 2. The van der Waals surface area contributed by atoms with Crippen molar-refractivity contribution in [3.8, 4) is 0 Å². The van der Waals surface area contributed by atoms with E-state index in [0.717, 1.165) is 12.2 Å². The molecule has 0 aliphatic carbocycles. The summed E-state index contributed by atoms with van der Waals surface area (Å²) in [6, 6.07) is 1.01. The maximum Gasteiger partial charge on any atom is 0.0658 e. The van der Waals surface area contributed by atoms with E-state index in [1.807, 2.05) is 0 Å². The number of nitrogens with one attached hydrogen (secondary N) is 1. The standard InChI is InChI=1S/C15H27N3OS/c1-11(16-14-6-5-9-20-10-14)15-12(2)17-18(13(15)3)7-8-19-4/h11,14,16H,5-10H2,1-4H3/t11-,14+/m0/s1. The van der Waals surface area contributed by atoms with Crippen LogP contribution in [0.2, 0.25) is 0 Å². The molecule has 1 aliphatic rings. The van der Waals surface area contributed by atoms with Gasteiger partial charge >= 0.3 is 0 Å². The molecule has 4 nitrogen and oxygen atoms in total. The van der Waals surface area contributed by atoms with Crippen molar-refractivity contribution >= 4 is 11.8 Å². The van der Waals surface area contributed by atoms with E-state index in [9.17, 15) is 0 Å². The summed E-state index contributed by atoms with van der Waals surface area (Å²) in [6.07, 6.45) is 2.63. The fourth-order valence-corrected chi connectivity index (χ4v) is 4.13. The lowest BCUT2D eigenvalue weighted by molar-refractivity contribution is 0.182. The molecule has 2 atom stereocenters. The molecule has 1 aromatic heterocycles. The van der Waals surface area contributed by atoms with Crippen molar-refractivity contribution in [2.45, 2.75) is 52.2 Å². The van der Waals surface area contributed by atoms with E-state index in [0.29, 0.717) is 18.7 Å². The maximum absolute atomic E-state index is 5.15. The maximum atomic E-state index is 5.15. The first-order valence-corrected chi connectivity index (χ1v) is 8.65. The molecule has 1 fully saturated rings. The van der Waals surface area contributed by atoms with Crippen LogP contribution in [0.5, 0.6) is 0 Å². The number of methoxy groups -OCH3 is 1. The summed E-state index contributed by atoms with van der Waals surface area (Å²) in [7, 11) is 1.73. The van der Waals surface area contributed by atoms with Gasteiger partial charge in [0.1, 0.15) is 0 Å². The average Bonchev–Trinajstić information content (AvgIpc) is 2.72. The lowest BCUT2D eigenvalue weighted by atomic mass is 10.0. The third-order valence-electron chi connectivity index (χ3n) is 4.02. The minimum atomic E-state index is 0.370.